The number of hydrogen-bond acceptors (Lipinski definition) is 6. The molecule has 1 fully saturated rings. The SMILES string of the molecule is CN1[C@H](C(=O)Nc2ccc(F)c(Cl)c2)C[C@H](c2ncc(-c3cn[nH]c3)s2)NS1(=O)=O. The number of rotatable bonds is 4. The summed E-state index contributed by atoms with van der Waals surface area (Å²) in [5, 5.41) is 9.58. The lowest BCUT2D eigenvalue weighted by Crippen LogP contribution is -2.55. The third kappa shape index (κ3) is 4.09. The van der Waals surface area contributed by atoms with Gasteiger partial charge in [0.2, 0.25) is 5.91 Å². The van der Waals surface area contributed by atoms with Gasteiger partial charge in [-0.3, -0.25) is 9.89 Å². The maximum absolute atomic E-state index is 13.3. The lowest BCUT2D eigenvalue weighted by atomic mass is 10.1. The molecule has 0 radical (unpaired) electrons. The predicted octanol–water partition coefficient (Wildman–Crippen LogP) is 2.54. The number of halogens is 2. The van der Waals surface area contributed by atoms with Crippen molar-refractivity contribution in [1.82, 2.24) is 24.2 Å². The average Bonchev–Trinajstić information content (AvgIpc) is 3.38. The van der Waals surface area contributed by atoms with Crippen molar-refractivity contribution in [3.8, 4) is 10.4 Å². The zero-order valence-corrected chi connectivity index (χ0v) is 17.9. The Balaban J connectivity index is 1.57. The third-order valence-corrected chi connectivity index (χ3v) is 7.71. The first-order valence-corrected chi connectivity index (χ1v) is 11.3. The number of hydrogen-bond donors (Lipinski definition) is 3. The fourth-order valence-electron chi connectivity index (χ4n) is 3.04. The van der Waals surface area contributed by atoms with Gasteiger partial charge in [0.1, 0.15) is 16.9 Å². The molecule has 4 rings (SSSR count). The number of nitrogens with zero attached hydrogens (tertiary/aromatic N) is 3. The van der Waals surface area contributed by atoms with Crippen LogP contribution in [0.3, 0.4) is 0 Å². The second kappa shape index (κ2) is 8.04. The van der Waals surface area contributed by atoms with Crippen LogP contribution in [0, 0.1) is 5.82 Å². The van der Waals surface area contributed by atoms with Crippen LogP contribution in [-0.2, 0) is 15.0 Å². The van der Waals surface area contributed by atoms with Crippen LogP contribution in [-0.4, -0.2) is 46.9 Å². The Kier molecular flexibility index (Phi) is 5.59. The highest BCUT2D eigenvalue weighted by atomic mass is 35.5. The van der Waals surface area contributed by atoms with Gasteiger partial charge < -0.3 is 5.32 Å². The van der Waals surface area contributed by atoms with E-state index in [9.17, 15) is 17.6 Å². The zero-order valence-electron chi connectivity index (χ0n) is 15.5. The number of benzene rings is 1. The molecule has 0 spiro atoms. The summed E-state index contributed by atoms with van der Waals surface area (Å²) < 4.78 is 42.1. The highest BCUT2D eigenvalue weighted by Crippen LogP contribution is 2.34. The van der Waals surface area contributed by atoms with E-state index in [1.54, 1.807) is 18.6 Å². The van der Waals surface area contributed by atoms with Gasteiger partial charge in [0.15, 0.2) is 0 Å². The van der Waals surface area contributed by atoms with Crippen LogP contribution >= 0.6 is 22.9 Å². The standard InChI is InChI=1S/C17H16ClFN6O3S2/c1-25-14(16(26)23-10-2-3-12(19)11(18)4-10)5-13(24-30(25,27)28)17-20-8-15(29-17)9-6-21-22-7-9/h2-4,6-8,13-14,24H,5H2,1H3,(H,21,22)(H,23,26)/t13-,14+/m1/s1. The van der Waals surface area contributed by atoms with E-state index in [1.165, 1.54) is 30.5 Å². The monoisotopic (exact) mass is 470 g/mol. The molecular weight excluding hydrogens is 455 g/mol. The molecule has 1 saturated heterocycles. The summed E-state index contributed by atoms with van der Waals surface area (Å²) in [6.07, 6.45) is 5.14. The minimum absolute atomic E-state index is 0.147. The highest BCUT2D eigenvalue weighted by molar-refractivity contribution is 7.87. The van der Waals surface area contributed by atoms with Gasteiger partial charge in [0, 0.05) is 30.7 Å². The van der Waals surface area contributed by atoms with E-state index in [0.717, 1.165) is 20.8 Å². The van der Waals surface area contributed by atoms with Gasteiger partial charge in [-0.25, -0.2) is 9.37 Å². The number of likely N-dealkylation sites (N-methyl/N-ethyl adjacent to an activating group) is 1. The fourth-order valence-corrected chi connectivity index (χ4v) is 5.51. The number of H-pyrrole nitrogens is 1. The van der Waals surface area contributed by atoms with Gasteiger partial charge in [-0.2, -0.15) is 22.5 Å². The molecule has 1 aromatic carbocycles. The number of thiazole rings is 1. The van der Waals surface area contributed by atoms with Gasteiger partial charge in [0.25, 0.3) is 10.2 Å². The molecular formula is C17H16ClFN6O3S2. The second-order valence-electron chi connectivity index (χ2n) is 6.61. The zero-order chi connectivity index (χ0) is 21.5. The summed E-state index contributed by atoms with van der Waals surface area (Å²) in [6, 6.07) is 2.07. The van der Waals surface area contributed by atoms with Gasteiger partial charge in [0.05, 0.1) is 22.1 Å². The Hall–Kier alpha value is -2.38. The van der Waals surface area contributed by atoms with Crippen molar-refractivity contribution >= 4 is 44.7 Å². The molecule has 30 heavy (non-hydrogen) atoms. The maximum atomic E-state index is 13.3. The minimum Gasteiger partial charge on any atom is -0.325 e. The number of aromatic amines is 1. The van der Waals surface area contributed by atoms with E-state index in [0.29, 0.717) is 5.01 Å². The average molecular weight is 471 g/mol. The van der Waals surface area contributed by atoms with Gasteiger partial charge in [-0.1, -0.05) is 11.6 Å². The van der Waals surface area contributed by atoms with E-state index in [2.05, 4.69) is 25.2 Å². The number of carbonyl (C=O) groups excluding carboxylic acids is 1. The van der Waals surface area contributed by atoms with Gasteiger partial charge >= 0.3 is 0 Å². The quantitative estimate of drug-likeness (QED) is 0.541. The Morgan fingerprint density at radius 3 is 2.90 bits per heavy atom. The lowest BCUT2D eigenvalue weighted by molar-refractivity contribution is -0.120. The molecule has 1 amide bonds. The van der Waals surface area contributed by atoms with Gasteiger partial charge in [-0.15, -0.1) is 11.3 Å². The van der Waals surface area contributed by atoms with Crippen LogP contribution < -0.4 is 10.0 Å². The normalized spacial score (nSPS) is 21.4. The first-order chi connectivity index (χ1) is 14.2. The van der Waals surface area contributed by atoms with E-state index in [4.69, 9.17) is 11.6 Å². The number of anilines is 1. The van der Waals surface area contributed by atoms with Crippen molar-refractivity contribution in [2.75, 3.05) is 12.4 Å². The number of nitrogens with one attached hydrogen (secondary N) is 3. The summed E-state index contributed by atoms with van der Waals surface area (Å²) in [5.41, 5.74) is 1.10. The molecule has 0 bridgehead atoms. The highest BCUT2D eigenvalue weighted by Gasteiger charge is 2.41. The largest absolute Gasteiger partial charge is 0.325 e. The summed E-state index contributed by atoms with van der Waals surface area (Å²) in [4.78, 5) is 18.0. The molecule has 3 heterocycles. The van der Waals surface area contributed by atoms with Crippen molar-refractivity contribution in [2.45, 2.75) is 18.5 Å². The number of aromatic nitrogens is 3. The molecule has 9 nitrogen and oxygen atoms in total. The molecule has 0 aliphatic carbocycles. The van der Waals surface area contributed by atoms with E-state index < -0.39 is 34.0 Å². The molecule has 0 unspecified atom stereocenters. The van der Waals surface area contributed by atoms with Crippen LogP contribution in [0.2, 0.25) is 5.02 Å². The summed E-state index contributed by atoms with van der Waals surface area (Å²) >= 11 is 7.06. The Labute approximate surface area is 180 Å². The van der Waals surface area contributed by atoms with Gasteiger partial charge in [-0.05, 0) is 24.6 Å². The third-order valence-electron chi connectivity index (χ3n) is 4.66. The van der Waals surface area contributed by atoms with Crippen molar-refractivity contribution in [1.29, 1.82) is 0 Å². The first kappa shape index (κ1) is 20.9. The molecule has 0 saturated carbocycles. The van der Waals surface area contributed by atoms with Crippen molar-refractivity contribution in [3.05, 3.63) is 52.6 Å². The van der Waals surface area contributed by atoms with E-state index >= 15 is 0 Å². The van der Waals surface area contributed by atoms with Crippen LogP contribution in [0.15, 0.2) is 36.8 Å². The lowest BCUT2D eigenvalue weighted by Gasteiger charge is -2.35. The molecule has 1 aliphatic heterocycles. The Morgan fingerprint density at radius 1 is 1.40 bits per heavy atom. The summed E-state index contributed by atoms with van der Waals surface area (Å²) in [5.74, 6) is -1.17. The van der Waals surface area contributed by atoms with Crippen molar-refractivity contribution in [2.24, 2.45) is 0 Å². The Morgan fingerprint density at radius 2 is 2.20 bits per heavy atom. The van der Waals surface area contributed by atoms with Crippen molar-refractivity contribution in [3.63, 3.8) is 0 Å². The maximum Gasteiger partial charge on any atom is 0.280 e. The topological polar surface area (TPSA) is 120 Å². The summed E-state index contributed by atoms with van der Waals surface area (Å²) in [7, 11) is -2.60. The molecule has 13 heteroatoms. The molecule has 2 atom stereocenters. The fraction of sp³-hybridized carbons (Fsp3) is 0.235. The number of carbonyl (C=O) groups is 1. The van der Waals surface area contributed by atoms with E-state index in [-0.39, 0.29) is 17.1 Å². The number of amides is 1. The second-order valence-corrected chi connectivity index (χ2v) is 9.84. The minimum atomic E-state index is -3.92. The molecule has 1 aliphatic rings. The smallest absolute Gasteiger partial charge is 0.280 e. The van der Waals surface area contributed by atoms with Crippen LogP contribution in [0.5, 0.6) is 0 Å². The molecule has 158 valence electrons. The summed E-state index contributed by atoms with van der Waals surface area (Å²) in [6.45, 7) is 0. The van der Waals surface area contributed by atoms with Crippen molar-refractivity contribution < 1.29 is 17.6 Å². The van der Waals surface area contributed by atoms with E-state index in [1.807, 2.05) is 0 Å². The molecule has 2 aromatic heterocycles. The molecule has 3 aromatic rings. The predicted molar refractivity (Wildman–Crippen MR) is 111 cm³/mol. The Bertz CT molecular complexity index is 1180. The molecule has 3 N–H and O–H groups in total. The van der Waals surface area contributed by atoms with Crippen LogP contribution in [0.4, 0.5) is 10.1 Å². The van der Waals surface area contributed by atoms with Crippen LogP contribution in [0.25, 0.3) is 10.4 Å². The first-order valence-electron chi connectivity index (χ1n) is 8.70. The van der Waals surface area contributed by atoms with Crippen LogP contribution in [0.1, 0.15) is 17.5 Å².